The van der Waals surface area contributed by atoms with Gasteiger partial charge in [-0.3, -0.25) is 9.78 Å². The summed E-state index contributed by atoms with van der Waals surface area (Å²) in [6, 6.07) is 8.09. The molecule has 0 bridgehead atoms. The Hall–Kier alpha value is -2.54. The van der Waals surface area contributed by atoms with Crippen molar-refractivity contribution in [3.8, 4) is 0 Å². The van der Waals surface area contributed by atoms with Crippen LogP contribution in [-0.4, -0.2) is 45.9 Å². The molecule has 26 heavy (non-hydrogen) atoms. The van der Waals surface area contributed by atoms with E-state index in [4.69, 9.17) is 0 Å². The van der Waals surface area contributed by atoms with Gasteiger partial charge in [-0.1, -0.05) is 12.1 Å². The Morgan fingerprint density at radius 3 is 2.81 bits per heavy atom. The summed E-state index contributed by atoms with van der Waals surface area (Å²) >= 11 is 1.66. The summed E-state index contributed by atoms with van der Waals surface area (Å²) < 4.78 is 1.17. The molecule has 0 spiro atoms. The first kappa shape index (κ1) is 16.9. The maximum Gasteiger partial charge on any atom is 0.225 e. The number of nitrogens with zero attached hydrogens (tertiary/aromatic N) is 5. The topological polar surface area (TPSA) is 62.2 Å². The van der Waals surface area contributed by atoms with E-state index >= 15 is 0 Å². The van der Waals surface area contributed by atoms with Crippen molar-refractivity contribution in [3.63, 3.8) is 0 Å². The Bertz CT molecular complexity index is 856. The van der Waals surface area contributed by atoms with Crippen molar-refractivity contribution in [1.82, 2.24) is 19.9 Å². The quantitative estimate of drug-likeness (QED) is 0.709. The van der Waals surface area contributed by atoms with Gasteiger partial charge in [0.2, 0.25) is 5.91 Å². The maximum atomic E-state index is 12.8. The van der Waals surface area contributed by atoms with Crippen LogP contribution in [0.1, 0.15) is 17.8 Å². The van der Waals surface area contributed by atoms with E-state index in [1.54, 1.807) is 29.9 Å². The summed E-state index contributed by atoms with van der Waals surface area (Å²) in [6.45, 7) is 2.25. The van der Waals surface area contributed by atoms with Gasteiger partial charge in [0.05, 0.1) is 23.0 Å². The van der Waals surface area contributed by atoms with Crippen molar-refractivity contribution in [2.24, 2.45) is 5.92 Å². The number of fused-ring (bicyclic) bond motifs is 1. The SMILES string of the molecule is CN(Cc1nc2ccccc2s1)C(=O)C1CCN(c2cnccn2)CC1. The molecule has 0 atom stereocenters. The fraction of sp³-hybridized carbons (Fsp3) is 0.368. The number of amides is 1. The molecule has 1 aromatic carbocycles. The summed E-state index contributed by atoms with van der Waals surface area (Å²) in [4.78, 5) is 29.9. The number of piperidine rings is 1. The summed E-state index contributed by atoms with van der Waals surface area (Å²) in [5, 5.41) is 0.985. The van der Waals surface area contributed by atoms with E-state index in [0.29, 0.717) is 6.54 Å². The van der Waals surface area contributed by atoms with Gasteiger partial charge in [0, 0.05) is 38.4 Å². The second kappa shape index (κ2) is 7.37. The third-order valence-corrected chi connectivity index (χ3v) is 5.83. The molecule has 3 heterocycles. The minimum absolute atomic E-state index is 0.0716. The van der Waals surface area contributed by atoms with Gasteiger partial charge < -0.3 is 9.80 Å². The van der Waals surface area contributed by atoms with Gasteiger partial charge in [-0.15, -0.1) is 11.3 Å². The zero-order valence-corrected chi connectivity index (χ0v) is 15.5. The molecular formula is C19H21N5OS. The third-order valence-electron chi connectivity index (χ3n) is 4.80. The smallest absolute Gasteiger partial charge is 0.225 e. The number of thiazole rings is 1. The molecule has 3 aromatic rings. The lowest BCUT2D eigenvalue weighted by Gasteiger charge is -2.33. The Labute approximate surface area is 156 Å². The number of carbonyl (C=O) groups is 1. The van der Waals surface area contributed by atoms with Crippen LogP contribution >= 0.6 is 11.3 Å². The third kappa shape index (κ3) is 3.53. The number of rotatable bonds is 4. The minimum Gasteiger partial charge on any atom is -0.355 e. The first-order valence-electron chi connectivity index (χ1n) is 8.81. The van der Waals surface area contributed by atoms with Gasteiger partial charge in [-0.2, -0.15) is 0 Å². The van der Waals surface area contributed by atoms with Gasteiger partial charge in [-0.05, 0) is 25.0 Å². The number of hydrogen-bond acceptors (Lipinski definition) is 6. The van der Waals surface area contributed by atoms with E-state index in [1.165, 1.54) is 4.70 Å². The number of para-hydroxylation sites is 1. The molecule has 0 N–H and O–H groups in total. The van der Waals surface area contributed by atoms with Gasteiger partial charge in [0.1, 0.15) is 10.8 Å². The largest absolute Gasteiger partial charge is 0.355 e. The molecule has 1 aliphatic heterocycles. The highest BCUT2D eigenvalue weighted by atomic mass is 32.1. The summed E-state index contributed by atoms with van der Waals surface area (Å²) in [5.41, 5.74) is 1.01. The average molecular weight is 367 g/mol. The number of anilines is 1. The standard InChI is InChI=1S/C19H21N5OS/c1-23(13-18-22-15-4-2-3-5-16(15)26-18)19(25)14-6-10-24(11-7-14)17-12-20-8-9-21-17/h2-5,8-9,12,14H,6-7,10-11,13H2,1H3. The maximum absolute atomic E-state index is 12.8. The van der Waals surface area contributed by atoms with Crippen molar-refractivity contribution >= 4 is 33.3 Å². The molecule has 1 fully saturated rings. The molecular weight excluding hydrogens is 346 g/mol. The normalized spacial score (nSPS) is 15.3. The summed E-state index contributed by atoms with van der Waals surface area (Å²) in [7, 11) is 1.88. The second-order valence-corrected chi connectivity index (χ2v) is 7.71. The van der Waals surface area contributed by atoms with Crippen molar-refractivity contribution in [3.05, 3.63) is 47.9 Å². The number of benzene rings is 1. The highest BCUT2D eigenvalue weighted by molar-refractivity contribution is 7.18. The Morgan fingerprint density at radius 2 is 2.08 bits per heavy atom. The fourth-order valence-electron chi connectivity index (χ4n) is 3.39. The molecule has 1 aliphatic rings. The van der Waals surface area contributed by atoms with Gasteiger partial charge in [0.15, 0.2) is 0 Å². The highest BCUT2D eigenvalue weighted by Crippen LogP contribution is 2.25. The van der Waals surface area contributed by atoms with Crippen LogP contribution in [0.25, 0.3) is 10.2 Å². The Kier molecular flexibility index (Phi) is 4.79. The molecule has 7 heteroatoms. The lowest BCUT2D eigenvalue weighted by Crippen LogP contribution is -2.41. The lowest BCUT2D eigenvalue weighted by molar-refractivity contribution is -0.135. The second-order valence-electron chi connectivity index (χ2n) is 6.59. The van der Waals surface area contributed by atoms with Crippen LogP contribution in [0.5, 0.6) is 0 Å². The van der Waals surface area contributed by atoms with Crippen LogP contribution in [0.3, 0.4) is 0 Å². The van der Waals surface area contributed by atoms with Crippen LogP contribution in [0, 0.1) is 5.92 Å². The highest BCUT2D eigenvalue weighted by Gasteiger charge is 2.28. The summed E-state index contributed by atoms with van der Waals surface area (Å²) in [6.07, 6.45) is 6.86. The van der Waals surface area contributed by atoms with E-state index < -0.39 is 0 Å². The minimum atomic E-state index is 0.0716. The number of aromatic nitrogens is 3. The average Bonchev–Trinajstić information content (AvgIpc) is 3.10. The molecule has 0 aliphatic carbocycles. The van der Waals surface area contributed by atoms with Crippen LogP contribution in [0.2, 0.25) is 0 Å². The van der Waals surface area contributed by atoms with Crippen LogP contribution < -0.4 is 4.90 Å². The molecule has 2 aromatic heterocycles. The van der Waals surface area contributed by atoms with Crippen molar-refractivity contribution in [2.45, 2.75) is 19.4 Å². The van der Waals surface area contributed by atoms with Gasteiger partial charge in [0.25, 0.3) is 0 Å². The Balaban J connectivity index is 1.35. The lowest BCUT2D eigenvalue weighted by atomic mass is 9.95. The van der Waals surface area contributed by atoms with E-state index in [2.05, 4.69) is 25.9 Å². The van der Waals surface area contributed by atoms with Crippen molar-refractivity contribution < 1.29 is 4.79 Å². The predicted molar refractivity (Wildman–Crippen MR) is 103 cm³/mol. The van der Waals surface area contributed by atoms with E-state index in [-0.39, 0.29) is 11.8 Å². The monoisotopic (exact) mass is 367 g/mol. The predicted octanol–water partition coefficient (Wildman–Crippen LogP) is 2.96. The molecule has 0 radical (unpaired) electrons. The fourth-order valence-corrected chi connectivity index (χ4v) is 4.41. The van der Waals surface area contributed by atoms with Gasteiger partial charge in [-0.25, -0.2) is 9.97 Å². The molecule has 1 saturated heterocycles. The molecule has 0 saturated carbocycles. The first-order valence-corrected chi connectivity index (χ1v) is 9.63. The Morgan fingerprint density at radius 1 is 1.27 bits per heavy atom. The number of hydrogen-bond donors (Lipinski definition) is 0. The number of carbonyl (C=O) groups excluding carboxylic acids is 1. The van der Waals surface area contributed by atoms with Crippen molar-refractivity contribution in [1.29, 1.82) is 0 Å². The molecule has 134 valence electrons. The zero-order chi connectivity index (χ0) is 17.9. The van der Waals surface area contributed by atoms with Crippen LogP contribution in [0.15, 0.2) is 42.9 Å². The molecule has 6 nitrogen and oxygen atoms in total. The van der Waals surface area contributed by atoms with Crippen molar-refractivity contribution in [2.75, 3.05) is 25.0 Å². The van der Waals surface area contributed by atoms with Crippen LogP contribution in [0.4, 0.5) is 5.82 Å². The first-order chi connectivity index (χ1) is 12.7. The van der Waals surface area contributed by atoms with E-state index in [0.717, 1.165) is 42.3 Å². The molecule has 0 unspecified atom stereocenters. The molecule has 1 amide bonds. The zero-order valence-electron chi connectivity index (χ0n) is 14.7. The summed E-state index contributed by atoms with van der Waals surface area (Å²) in [5.74, 6) is 1.17. The molecule has 4 rings (SSSR count). The van der Waals surface area contributed by atoms with E-state index in [9.17, 15) is 4.79 Å². The van der Waals surface area contributed by atoms with E-state index in [1.807, 2.05) is 30.1 Å². The van der Waals surface area contributed by atoms with Crippen LogP contribution in [-0.2, 0) is 11.3 Å². The van der Waals surface area contributed by atoms with Gasteiger partial charge >= 0.3 is 0 Å².